The molecule has 0 rings (SSSR count). The molecule has 0 bridgehead atoms. The number of hydrogen-bond donors (Lipinski definition) is 0. The predicted molar refractivity (Wildman–Crippen MR) is 405 cm³/mol. The second-order valence-electron chi connectivity index (χ2n) is 23.4. The van der Waals surface area contributed by atoms with Crippen LogP contribution in [-0.4, -0.2) is 70.0 Å². The Morgan fingerprint density at radius 3 is 0.851 bits per heavy atom. The normalized spacial score (nSPS) is 14.7. The van der Waals surface area contributed by atoms with Crippen LogP contribution in [0.1, 0.15) is 206 Å². The number of unbranched alkanes of at least 4 members (excludes halogenated alkanes) is 5. The number of likely N-dealkylation sites (N-methyl/N-ethyl adjacent to an activating group) is 1. The minimum absolute atomic E-state index is 0.0607. The molecule has 0 fully saturated rings. The van der Waals surface area contributed by atoms with E-state index in [1.165, 1.54) is 0 Å². The molecule has 0 N–H and O–H groups in total. The first-order valence-electron chi connectivity index (χ1n) is 35.4. The Labute approximate surface area is 574 Å². The number of carbonyl (C=O) groups is 2. The number of rotatable bonds is 61. The van der Waals surface area contributed by atoms with Gasteiger partial charge in [-0.25, -0.2) is 0 Å². The third-order valence-electron chi connectivity index (χ3n) is 13.6. The Morgan fingerprint density at radius 2 is 0.574 bits per heavy atom. The van der Waals surface area contributed by atoms with E-state index in [0.29, 0.717) is 23.9 Å². The van der Waals surface area contributed by atoms with E-state index in [0.717, 1.165) is 167 Å². The number of quaternary nitrogens is 1. The Hall–Kier alpha value is -6.45. The van der Waals surface area contributed by atoms with E-state index < -0.39 is 32.5 Å². The van der Waals surface area contributed by atoms with Crippen LogP contribution >= 0.6 is 7.82 Å². The van der Waals surface area contributed by atoms with E-state index in [1.807, 2.05) is 21.1 Å². The van der Waals surface area contributed by atoms with E-state index in [1.54, 1.807) is 0 Å². The molecule has 2 atom stereocenters. The lowest BCUT2D eigenvalue weighted by Crippen LogP contribution is -2.37. The lowest BCUT2D eigenvalue weighted by molar-refractivity contribution is -0.870. The molecule has 0 saturated carbocycles. The fraction of sp³-hybridized carbons (Fsp3) is 0.476. The number of hydrogen-bond acceptors (Lipinski definition) is 8. The first kappa shape index (κ1) is 87.5. The van der Waals surface area contributed by atoms with Crippen LogP contribution in [0.15, 0.2) is 255 Å². The number of carbonyl (C=O) groups excluding carboxylic acids is 2. The van der Waals surface area contributed by atoms with Crippen molar-refractivity contribution in [2.75, 3.05) is 47.5 Å². The number of esters is 2. The highest BCUT2D eigenvalue weighted by Gasteiger charge is 2.22. The smallest absolute Gasteiger partial charge is 0.306 e. The van der Waals surface area contributed by atoms with Crippen molar-refractivity contribution in [1.82, 2.24) is 0 Å². The monoisotopic (exact) mass is 1310 g/mol. The van der Waals surface area contributed by atoms with Crippen molar-refractivity contribution in [3.05, 3.63) is 255 Å². The Kier molecular flexibility index (Phi) is 66.0. The molecule has 9 nitrogen and oxygen atoms in total. The van der Waals surface area contributed by atoms with Crippen LogP contribution in [0, 0.1) is 0 Å². The quantitative estimate of drug-likeness (QED) is 0.0195. The zero-order valence-corrected chi connectivity index (χ0v) is 59.9. The van der Waals surface area contributed by atoms with E-state index in [9.17, 15) is 19.0 Å². The van der Waals surface area contributed by atoms with Crippen LogP contribution in [-0.2, 0) is 32.7 Å². The van der Waals surface area contributed by atoms with Crippen molar-refractivity contribution < 1.29 is 42.1 Å². The number of ether oxygens (including phenoxy) is 2. The average molecular weight is 1310 g/mol. The van der Waals surface area contributed by atoms with Crippen LogP contribution < -0.4 is 4.89 Å². The highest BCUT2D eigenvalue weighted by Crippen LogP contribution is 2.38. The maximum Gasteiger partial charge on any atom is 0.306 e. The number of nitrogens with zero attached hydrogens (tertiary/aromatic N) is 1. The summed E-state index contributed by atoms with van der Waals surface area (Å²) in [7, 11) is 1.07. The maximum absolute atomic E-state index is 12.9. The molecule has 0 saturated heterocycles. The molecule has 2 unspecified atom stereocenters. The lowest BCUT2D eigenvalue weighted by Gasteiger charge is -2.28. The van der Waals surface area contributed by atoms with Gasteiger partial charge in [-0.3, -0.25) is 14.2 Å². The van der Waals surface area contributed by atoms with Crippen molar-refractivity contribution >= 4 is 19.8 Å². The van der Waals surface area contributed by atoms with Crippen molar-refractivity contribution in [3.8, 4) is 0 Å². The summed E-state index contributed by atoms with van der Waals surface area (Å²) in [6.45, 7) is 3.87. The first-order valence-corrected chi connectivity index (χ1v) is 36.9. The van der Waals surface area contributed by atoms with Gasteiger partial charge < -0.3 is 27.9 Å². The van der Waals surface area contributed by atoms with Crippen LogP contribution in [0.4, 0.5) is 0 Å². The van der Waals surface area contributed by atoms with Gasteiger partial charge in [-0.1, -0.05) is 275 Å². The molecule has 520 valence electrons. The molecule has 0 radical (unpaired) electrons. The van der Waals surface area contributed by atoms with Gasteiger partial charge in [-0.2, -0.15) is 0 Å². The van der Waals surface area contributed by atoms with Crippen molar-refractivity contribution in [3.63, 3.8) is 0 Å². The summed E-state index contributed by atoms with van der Waals surface area (Å²) < 4.78 is 34.2. The van der Waals surface area contributed by atoms with Gasteiger partial charge in [0, 0.05) is 12.8 Å². The molecule has 0 aromatic heterocycles. The van der Waals surface area contributed by atoms with E-state index in [4.69, 9.17) is 18.5 Å². The molecule has 0 amide bonds. The molecule has 0 aromatic rings. The number of allylic oxidation sites excluding steroid dienone is 42. The van der Waals surface area contributed by atoms with E-state index in [2.05, 4.69) is 269 Å². The summed E-state index contributed by atoms with van der Waals surface area (Å²) in [6.07, 6.45) is 118. The third-order valence-corrected chi connectivity index (χ3v) is 14.5. The van der Waals surface area contributed by atoms with Crippen LogP contribution in [0.5, 0.6) is 0 Å². The van der Waals surface area contributed by atoms with Gasteiger partial charge in [0.05, 0.1) is 27.7 Å². The summed E-state index contributed by atoms with van der Waals surface area (Å²) in [5.74, 6) is -0.949. The molecular weight excluding hydrogens is 1180 g/mol. The third kappa shape index (κ3) is 74.6. The summed E-state index contributed by atoms with van der Waals surface area (Å²) in [5.41, 5.74) is 0. The first-order chi connectivity index (χ1) is 46.0. The van der Waals surface area contributed by atoms with Crippen LogP contribution in [0.3, 0.4) is 0 Å². The zero-order valence-electron chi connectivity index (χ0n) is 59.0. The fourth-order valence-corrected chi connectivity index (χ4v) is 8.94. The summed E-state index contributed by atoms with van der Waals surface area (Å²) >= 11 is 0. The van der Waals surface area contributed by atoms with Gasteiger partial charge in [-0.05, 0) is 173 Å². The molecule has 0 heterocycles. The van der Waals surface area contributed by atoms with Gasteiger partial charge in [0.2, 0.25) is 0 Å². The predicted octanol–water partition coefficient (Wildman–Crippen LogP) is 23.1. The van der Waals surface area contributed by atoms with Crippen LogP contribution in [0.2, 0.25) is 0 Å². The standard InChI is InChI=1S/C84H126NO8P/c1-6-8-10-12-14-16-18-20-22-24-26-28-30-32-34-36-38-40-41-42-43-45-47-49-51-53-55-57-59-61-63-65-67-69-71-73-75-77-84(87)93-82(81-92-94(88,89)91-79-78-85(3,4)5)80-90-83(86)76-74-72-70-68-66-64-62-60-58-56-54-52-50-48-46-44-39-37-35-33-31-29-27-25-23-21-19-17-15-13-11-9-7-2/h8-11,14-17,20-23,26-29,32-35,38-40,42-44,47-50,53-56,59-62,65-68,82H,6-7,12-13,18-19,24-25,30-31,36-37,41,45-46,51-52,57-58,63-64,69-81H2,1-5H3/b10-8-,11-9-,16-14-,17-15-,22-20-,23-21-,28-26-,29-27-,34-32-,35-33-,40-38-,43-42-,44-39-,49-47-,50-48-,55-53-,56-54-,61-59-,62-60-,67-65-,68-66-. The summed E-state index contributed by atoms with van der Waals surface area (Å²) in [4.78, 5) is 38.0. The van der Waals surface area contributed by atoms with Gasteiger partial charge in [0.1, 0.15) is 19.8 Å². The SMILES string of the molecule is CC/C=C\C/C=C\C/C=C\C/C=C\C/C=C\C/C=C\C/C=C\C/C=C\C/C=C\C/C=C\C/C=C\CCCCCC(=O)OC(COC(=O)CCCC/C=C\C/C=C\C/C=C\C/C=C\C/C=C\C/C=C\C/C=C\C/C=C\C/C=C\C/C=C\CC)COP(=O)([O-])OCC[N+](C)(C)C. The highest BCUT2D eigenvalue weighted by molar-refractivity contribution is 7.45. The summed E-state index contributed by atoms with van der Waals surface area (Å²) in [6, 6.07) is 0. The lowest BCUT2D eigenvalue weighted by atomic mass is 10.1. The molecule has 0 aromatic carbocycles. The van der Waals surface area contributed by atoms with Crippen molar-refractivity contribution in [2.24, 2.45) is 0 Å². The van der Waals surface area contributed by atoms with E-state index in [-0.39, 0.29) is 26.1 Å². The molecule has 0 aliphatic carbocycles. The van der Waals surface area contributed by atoms with Crippen LogP contribution in [0.25, 0.3) is 0 Å². The highest BCUT2D eigenvalue weighted by atomic mass is 31.2. The average Bonchev–Trinajstić information content (AvgIpc) is 1.56. The topological polar surface area (TPSA) is 111 Å². The number of phosphoric ester groups is 1. The molecule has 0 aliphatic rings. The minimum atomic E-state index is -4.68. The Bertz CT molecular complexity index is 2540. The van der Waals surface area contributed by atoms with Crippen molar-refractivity contribution in [2.45, 2.75) is 213 Å². The largest absolute Gasteiger partial charge is 0.756 e. The second-order valence-corrected chi connectivity index (χ2v) is 24.8. The molecule has 10 heteroatoms. The van der Waals surface area contributed by atoms with Gasteiger partial charge in [-0.15, -0.1) is 0 Å². The molecular formula is C84H126NO8P. The van der Waals surface area contributed by atoms with Gasteiger partial charge in [0.15, 0.2) is 6.10 Å². The zero-order chi connectivity index (χ0) is 68.3. The minimum Gasteiger partial charge on any atom is -0.756 e. The maximum atomic E-state index is 12.9. The Balaban J connectivity index is 4.32. The fourth-order valence-electron chi connectivity index (χ4n) is 8.22. The molecule has 0 aliphatic heterocycles. The molecule has 0 spiro atoms. The van der Waals surface area contributed by atoms with E-state index >= 15 is 0 Å². The second kappa shape index (κ2) is 70.9. The van der Waals surface area contributed by atoms with Crippen molar-refractivity contribution in [1.29, 1.82) is 0 Å². The van der Waals surface area contributed by atoms with Gasteiger partial charge >= 0.3 is 11.9 Å². The molecule has 94 heavy (non-hydrogen) atoms. The summed E-state index contributed by atoms with van der Waals surface area (Å²) in [5, 5.41) is 0. The Morgan fingerprint density at radius 1 is 0.330 bits per heavy atom. The van der Waals surface area contributed by atoms with Gasteiger partial charge in [0.25, 0.3) is 7.82 Å². The number of phosphoric acid groups is 1.